The second-order valence-electron chi connectivity index (χ2n) is 3.65. The Morgan fingerprint density at radius 2 is 1.63 bits per heavy atom. The molecule has 0 N–H and O–H groups in total. The van der Waals surface area contributed by atoms with Crippen LogP contribution in [0.15, 0.2) is 46.9 Å². The molecule has 2 rings (SSSR count). The van der Waals surface area contributed by atoms with Gasteiger partial charge in [0.15, 0.2) is 0 Å². The molecule has 0 bridgehead atoms. The highest BCUT2D eigenvalue weighted by Gasteiger charge is 2.37. The highest BCUT2D eigenvalue weighted by Crippen LogP contribution is 2.44. The molecular formula is C13H7BrClF3O. The quantitative estimate of drug-likeness (QED) is 0.653. The number of halogens is 5. The number of rotatable bonds is 2. The van der Waals surface area contributed by atoms with Crippen molar-refractivity contribution in [1.82, 2.24) is 0 Å². The highest BCUT2D eigenvalue weighted by atomic mass is 79.9. The van der Waals surface area contributed by atoms with E-state index in [0.717, 1.165) is 0 Å². The van der Waals surface area contributed by atoms with Gasteiger partial charge in [0.05, 0.1) is 10.6 Å². The Kier molecular flexibility index (Phi) is 4.06. The second-order valence-corrected chi connectivity index (χ2v) is 4.88. The van der Waals surface area contributed by atoms with Gasteiger partial charge in [0.1, 0.15) is 11.5 Å². The van der Waals surface area contributed by atoms with Gasteiger partial charge in [-0.1, -0.05) is 45.7 Å². The third-order valence-corrected chi connectivity index (χ3v) is 3.35. The maximum Gasteiger partial charge on any atom is 0.419 e. The van der Waals surface area contributed by atoms with Crippen molar-refractivity contribution >= 4 is 27.5 Å². The summed E-state index contributed by atoms with van der Waals surface area (Å²) in [4.78, 5) is 0. The summed E-state index contributed by atoms with van der Waals surface area (Å²) in [6.07, 6.45) is -4.55. The van der Waals surface area contributed by atoms with Crippen molar-refractivity contribution in [1.29, 1.82) is 0 Å². The minimum absolute atomic E-state index is 0.0385. The van der Waals surface area contributed by atoms with E-state index in [4.69, 9.17) is 16.3 Å². The lowest BCUT2D eigenvalue weighted by Gasteiger charge is -2.14. The molecule has 0 spiro atoms. The molecule has 0 saturated heterocycles. The van der Waals surface area contributed by atoms with E-state index in [1.165, 1.54) is 12.1 Å². The third-order valence-electron chi connectivity index (χ3n) is 2.31. The molecule has 0 radical (unpaired) electrons. The molecule has 0 aromatic heterocycles. The van der Waals surface area contributed by atoms with Crippen molar-refractivity contribution in [2.75, 3.05) is 0 Å². The lowest BCUT2D eigenvalue weighted by Crippen LogP contribution is -2.07. The van der Waals surface area contributed by atoms with Crippen LogP contribution in [-0.4, -0.2) is 0 Å². The van der Waals surface area contributed by atoms with Crippen LogP contribution < -0.4 is 4.74 Å². The standard InChI is InChI=1S/C13H7BrClF3O/c14-9-6-7-10(12(15)11(9)13(16,17)18)19-8-4-2-1-3-5-8/h1-7H. The van der Waals surface area contributed by atoms with Crippen LogP contribution in [0.25, 0.3) is 0 Å². The first-order valence-electron chi connectivity index (χ1n) is 5.17. The molecule has 2 aromatic rings. The van der Waals surface area contributed by atoms with Crippen molar-refractivity contribution in [3.05, 3.63) is 57.5 Å². The van der Waals surface area contributed by atoms with Crippen LogP contribution in [0.4, 0.5) is 13.2 Å². The van der Waals surface area contributed by atoms with E-state index >= 15 is 0 Å². The lowest BCUT2D eigenvalue weighted by atomic mass is 10.2. The number of hydrogen-bond acceptors (Lipinski definition) is 1. The van der Waals surface area contributed by atoms with Crippen molar-refractivity contribution in [2.24, 2.45) is 0 Å². The number of hydrogen-bond donors (Lipinski definition) is 0. The van der Waals surface area contributed by atoms with Crippen molar-refractivity contribution in [2.45, 2.75) is 6.18 Å². The van der Waals surface area contributed by atoms with Crippen LogP contribution >= 0.6 is 27.5 Å². The van der Waals surface area contributed by atoms with Crippen molar-refractivity contribution in [3.63, 3.8) is 0 Å². The zero-order valence-electron chi connectivity index (χ0n) is 9.34. The predicted octanol–water partition coefficient (Wildman–Crippen LogP) is 5.91. The van der Waals surface area contributed by atoms with Gasteiger partial charge in [0, 0.05) is 4.47 Å². The number of alkyl halides is 3. The summed E-state index contributed by atoms with van der Waals surface area (Å²) in [7, 11) is 0. The Morgan fingerprint density at radius 3 is 2.21 bits per heavy atom. The number of para-hydroxylation sites is 1. The fraction of sp³-hybridized carbons (Fsp3) is 0.0769. The molecular weight excluding hydrogens is 344 g/mol. The molecule has 0 aliphatic rings. The topological polar surface area (TPSA) is 9.23 Å². The summed E-state index contributed by atoms with van der Waals surface area (Å²) < 4.78 is 43.8. The van der Waals surface area contributed by atoms with Crippen LogP contribution in [0.1, 0.15) is 5.56 Å². The van der Waals surface area contributed by atoms with E-state index in [2.05, 4.69) is 15.9 Å². The second kappa shape index (κ2) is 5.43. The summed E-state index contributed by atoms with van der Waals surface area (Å²) in [5, 5.41) is -0.467. The van der Waals surface area contributed by atoms with Gasteiger partial charge < -0.3 is 4.74 Å². The largest absolute Gasteiger partial charge is 0.456 e. The first kappa shape index (κ1) is 14.2. The molecule has 100 valence electrons. The van der Waals surface area contributed by atoms with E-state index in [1.54, 1.807) is 30.3 Å². The van der Waals surface area contributed by atoms with E-state index in [9.17, 15) is 13.2 Å². The smallest absolute Gasteiger partial charge is 0.419 e. The first-order chi connectivity index (χ1) is 8.89. The molecule has 0 heterocycles. The average Bonchev–Trinajstić information content (AvgIpc) is 2.32. The fourth-order valence-electron chi connectivity index (χ4n) is 1.49. The lowest BCUT2D eigenvalue weighted by molar-refractivity contribution is -0.138. The molecule has 19 heavy (non-hydrogen) atoms. The molecule has 0 saturated carbocycles. The molecule has 2 aromatic carbocycles. The summed E-state index contributed by atoms with van der Waals surface area (Å²) in [5.74, 6) is 0.378. The van der Waals surface area contributed by atoms with Gasteiger partial charge in [-0.05, 0) is 24.3 Å². The monoisotopic (exact) mass is 350 g/mol. The van der Waals surface area contributed by atoms with Crippen LogP contribution in [0.2, 0.25) is 5.02 Å². The molecule has 0 amide bonds. The van der Waals surface area contributed by atoms with E-state index < -0.39 is 16.8 Å². The Hall–Kier alpha value is -1.20. The SMILES string of the molecule is FC(F)(F)c1c(Br)ccc(Oc2ccccc2)c1Cl. The molecule has 1 nitrogen and oxygen atoms in total. The molecule has 0 unspecified atom stereocenters. The maximum atomic E-state index is 12.9. The normalized spacial score (nSPS) is 11.4. The van der Waals surface area contributed by atoms with Gasteiger partial charge in [-0.2, -0.15) is 13.2 Å². The third kappa shape index (κ3) is 3.22. The number of benzene rings is 2. The van der Waals surface area contributed by atoms with Crippen molar-refractivity contribution < 1.29 is 17.9 Å². The minimum atomic E-state index is -4.55. The van der Waals surface area contributed by atoms with Crippen LogP contribution in [0, 0.1) is 0 Å². The molecule has 0 aliphatic carbocycles. The fourth-order valence-corrected chi connectivity index (χ4v) is 2.47. The van der Waals surface area contributed by atoms with Gasteiger partial charge in [0.25, 0.3) is 0 Å². The van der Waals surface area contributed by atoms with Crippen LogP contribution in [0.3, 0.4) is 0 Å². The molecule has 0 atom stereocenters. The zero-order chi connectivity index (χ0) is 14.0. The first-order valence-corrected chi connectivity index (χ1v) is 6.35. The van der Waals surface area contributed by atoms with E-state index in [1.807, 2.05) is 0 Å². The highest BCUT2D eigenvalue weighted by molar-refractivity contribution is 9.10. The molecule has 0 fully saturated rings. The zero-order valence-corrected chi connectivity index (χ0v) is 11.7. The maximum absolute atomic E-state index is 12.9. The predicted molar refractivity (Wildman–Crippen MR) is 70.7 cm³/mol. The van der Waals surface area contributed by atoms with Crippen LogP contribution in [-0.2, 0) is 6.18 Å². The van der Waals surface area contributed by atoms with Crippen molar-refractivity contribution in [3.8, 4) is 11.5 Å². The van der Waals surface area contributed by atoms with Gasteiger partial charge in [-0.3, -0.25) is 0 Å². The van der Waals surface area contributed by atoms with Gasteiger partial charge in [0.2, 0.25) is 0 Å². The van der Waals surface area contributed by atoms with E-state index in [-0.39, 0.29) is 10.2 Å². The Labute approximate surface area is 121 Å². The summed E-state index contributed by atoms with van der Waals surface area (Å²) in [6, 6.07) is 11.1. The Morgan fingerprint density at radius 1 is 1.00 bits per heavy atom. The summed E-state index contributed by atoms with van der Waals surface area (Å²) in [5.41, 5.74) is -0.942. The average molecular weight is 352 g/mol. The summed E-state index contributed by atoms with van der Waals surface area (Å²) >= 11 is 8.62. The van der Waals surface area contributed by atoms with Gasteiger partial charge >= 0.3 is 6.18 Å². The number of ether oxygens (including phenoxy) is 1. The summed E-state index contributed by atoms with van der Waals surface area (Å²) in [6.45, 7) is 0. The van der Waals surface area contributed by atoms with Gasteiger partial charge in [-0.15, -0.1) is 0 Å². The Bertz CT molecular complexity index is 584. The Balaban J connectivity index is 2.44. The minimum Gasteiger partial charge on any atom is -0.456 e. The molecule has 6 heteroatoms. The molecule has 0 aliphatic heterocycles. The van der Waals surface area contributed by atoms with E-state index in [0.29, 0.717) is 5.75 Å². The van der Waals surface area contributed by atoms with Crippen LogP contribution in [0.5, 0.6) is 11.5 Å². The van der Waals surface area contributed by atoms with Gasteiger partial charge in [-0.25, -0.2) is 0 Å².